The van der Waals surface area contributed by atoms with E-state index in [0.29, 0.717) is 13.0 Å². The van der Waals surface area contributed by atoms with Crippen molar-refractivity contribution in [1.82, 2.24) is 0 Å². The van der Waals surface area contributed by atoms with Gasteiger partial charge in [0.15, 0.2) is 0 Å². The van der Waals surface area contributed by atoms with Gasteiger partial charge in [-0.1, -0.05) is 6.92 Å². The summed E-state index contributed by atoms with van der Waals surface area (Å²) in [6.45, 7) is 5.68. The molecule has 0 aliphatic carbocycles. The minimum absolute atomic E-state index is 0. The normalized spacial score (nSPS) is 10.2. The molecule has 0 amide bonds. The lowest BCUT2D eigenvalue weighted by Crippen LogP contribution is -2.38. The Hall–Kier alpha value is -0.280. The SMILES string of the molecule is CCC(=O)OCC(C)(C)N.Cl. The second kappa shape index (κ2) is 5.38. The van der Waals surface area contributed by atoms with Crippen LogP contribution in [0.1, 0.15) is 27.2 Å². The number of halogens is 1. The number of hydrogen-bond donors (Lipinski definition) is 1. The van der Waals surface area contributed by atoms with E-state index in [2.05, 4.69) is 0 Å². The highest BCUT2D eigenvalue weighted by molar-refractivity contribution is 5.85. The average Bonchev–Trinajstić information content (AvgIpc) is 1.81. The second-order valence-electron chi connectivity index (χ2n) is 3.00. The van der Waals surface area contributed by atoms with Crippen molar-refractivity contribution in [3.63, 3.8) is 0 Å². The third-order valence-electron chi connectivity index (χ3n) is 0.894. The molecule has 11 heavy (non-hydrogen) atoms. The highest BCUT2D eigenvalue weighted by Gasteiger charge is 2.12. The van der Waals surface area contributed by atoms with Gasteiger partial charge in [0, 0.05) is 12.0 Å². The minimum Gasteiger partial charge on any atom is -0.464 e. The van der Waals surface area contributed by atoms with Gasteiger partial charge in [-0.15, -0.1) is 12.4 Å². The molecule has 0 radical (unpaired) electrons. The minimum atomic E-state index is -0.412. The first-order valence-corrected chi connectivity index (χ1v) is 3.40. The van der Waals surface area contributed by atoms with Crippen LogP contribution in [0.3, 0.4) is 0 Å². The number of carbonyl (C=O) groups excluding carboxylic acids is 1. The number of ether oxygens (including phenoxy) is 1. The lowest BCUT2D eigenvalue weighted by molar-refractivity contribution is -0.144. The Morgan fingerprint density at radius 3 is 2.27 bits per heavy atom. The molecule has 0 bridgehead atoms. The second-order valence-corrected chi connectivity index (χ2v) is 3.00. The Balaban J connectivity index is 0. The highest BCUT2D eigenvalue weighted by atomic mass is 35.5. The first-order chi connectivity index (χ1) is 4.45. The molecule has 0 aromatic carbocycles. The molecule has 0 heterocycles. The standard InChI is InChI=1S/C7H15NO2.ClH/c1-4-6(9)10-5-7(2,3)8;/h4-5,8H2,1-3H3;1H. The zero-order valence-electron chi connectivity index (χ0n) is 7.22. The van der Waals surface area contributed by atoms with E-state index in [0.717, 1.165) is 0 Å². The quantitative estimate of drug-likeness (QED) is 0.664. The summed E-state index contributed by atoms with van der Waals surface area (Å²) >= 11 is 0. The first-order valence-electron chi connectivity index (χ1n) is 3.40. The summed E-state index contributed by atoms with van der Waals surface area (Å²) in [6, 6.07) is 0. The summed E-state index contributed by atoms with van der Waals surface area (Å²) in [6.07, 6.45) is 0.413. The fraction of sp³-hybridized carbons (Fsp3) is 0.857. The maximum Gasteiger partial charge on any atom is 0.305 e. The Morgan fingerprint density at radius 2 is 2.00 bits per heavy atom. The zero-order chi connectivity index (χ0) is 8.20. The molecule has 68 valence electrons. The molecule has 0 spiro atoms. The van der Waals surface area contributed by atoms with E-state index < -0.39 is 5.54 Å². The van der Waals surface area contributed by atoms with Gasteiger partial charge in [-0.2, -0.15) is 0 Å². The van der Waals surface area contributed by atoms with Crippen molar-refractivity contribution >= 4 is 18.4 Å². The van der Waals surface area contributed by atoms with Gasteiger partial charge in [0.25, 0.3) is 0 Å². The van der Waals surface area contributed by atoms with Crippen molar-refractivity contribution in [2.45, 2.75) is 32.7 Å². The van der Waals surface area contributed by atoms with Crippen molar-refractivity contribution in [2.24, 2.45) is 5.73 Å². The molecular formula is C7H16ClNO2. The molecule has 0 rings (SSSR count). The summed E-state index contributed by atoms with van der Waals surface area (Å²) in [5.41, 5.74) is 5.15. The smallest absolute Gasteiger partial charge is 0.305 e. The molecule has 0 saturated heterocycles. The Bertz CT molecular complexity index is 120. The van der Waals surface area contributed by atoms with E-state index in [1.54, 1.807) is 6.92 Å². The fourth-order valence-corrected chi connectivity index (χ4v) is 0.369. The Labute approximate surface area is 73.7 Å². The van der Waals surface area contributed by atoms with Gasteiger partial charge in [-0.3, -0.25) is 4.79 Å². The molecule has 0 aromatic heterocycles. The maximum atomic E-state index is 10.6. The number of nitrogens with two attached hydrogens (primary N) is 1. The van der Waals surface area contributed by atoms with E-state index in [1.807, 2.05) is 13.8 Å². The van der Waals surface area contributed by atoms with Gasteiger partial charge >= 0.3 is 5.97 Å². The fourth-order valence-electron chi connectivity index (χ4n) is 0.369. The molecule has 0 saturated carbocycles. The lowest BCUT2D eigenvalue weighted by atomic mass is 10.1. The average molecular weight is 182 g/mol. The van der Waals surface area contributed by atoms with Gasteiger partial charge in [-0.05, 0) is 13.8 Å². The van der Waals surface area contributed by atoms with Crippen molar-refractivity contribution in [3.8, 4) is 0 Å². The summed E-state index contributed by atoms with van der Waals surface area (Å²) in [5, 5.41) is 0. The topological polar surface area (TPSA) is 52.3 Å². The van der Waals surface area contributed by atoms with Crippen LogP contribution in [0.5, 0.6) is 0 Å². The largest absolute Gasteiger partial charge is 0.464 e. The van der Waals surface area contributed by atoms with Crippen LogP contribution in [0.25, 0.3) is 0 Å². The predicted molar refractivity (Wildman–Crippen MR) is 46.8 cm³/mol. The van der Waals surface area contributed by atoms with Crippen LogP contribution in [0, 0.1) is 0 Å². The summed E-state index contributed by atoms with van der Waals surface area (Å²) in [4.78, 5) is 10.6. The van der Waals surface area contributed by atoms with Gasteiger partial charge in [0.1, 0.15) is 6.61 Å². The Kier molecular flexibility index (Phi) is 6.52. The lowest BCUT2D eigenvalue weighted by Gasteiger charge is -2.17. The number of carbonyl (C=O) groups is 1. The van der Waals surface area contributed by atoms with E-state index >= 15 is 0 Å². The first kappa shape index (κ1) is 13.3. The van der Waals surface area contributed by atoms with E-state index in [1.165, 1.54) is 0 Å². The molecule has 0 aliphatic heterocycles. The Morgan fingerprint density at radius 1 is 1.55 bits per heavy atom. The van der Waals surface area contributed by atoms with Crippen LogP contribution in [0.2, 0.25) is 0 Å². The molecule has 3 nitrogen and oxygen atoms in total. The van der Waals surface area contributed by atoms with Crippen molar-refractivity contribution in [1.29, 1.82) is 0 Å². The zero-order valence-corrected chi connectivity index (χ0v) is 8.03. The molecular weight excluding hydrogens is 166 g/mol. The van der Waals surface area contributed by atoms with Gasteiger partial charge < -0.3 is 10.5 Å². The van der Waals surface area contributed by atoms with Gasteiger partial charge in [0.2, 0.25) is 0 Å². The number of hydrogen-bond acceptors (Lipinski definition) is 3. The van der Waals surface area contributed by atoms with E-state index in [9.17, 15) is 4.79 Å². The molecule has 2 N–H and O–H groups in total. The summed E-state index contributed by atoms with van der Waals surface area (Å²) in [7, 11) is 0. The predicted octanol–water partition coefficient (Wildman–Crippen LogP) is 1.10. The van der Waals surface area contributed by atoms with E-state index in [-0.39, 0.29) is 18.4 Å². The van der Waals surface area contributed by atoms with Crippen molar-refractivity contribution in [2.75, 3.05) is 6.61 Å². The molecule has 0 aliphatic rings. The van der Waals surface area contributed by atoms with Crippen LogP contribution < -0.4 is 5.73 Å². The van der Waals surface area contributed by atoms with Crippen molar-refractivity contribution in [3.05, 3.63) is 0 Å². The molecule has 0 fully saturated rings. The molecule has 0 aromatic rings. The van der Waals surface area contributed by atoms with Crippen LogP contribution >= 0.6 is 12.4 Å². The van der Waals surface area contributed by atoms with Crippen LogP contribution in [-0.2, 0) is 9.53 Å². The van der Waals surface area contributed by atoms with Gasteiger partial charge in [-0.25, -0.2) is 0 Å². The maximum absolute atomic E-state index is 10.6. The van der Waals surface area contributed by atoms with Crippen LogP contribution in [0.4, 0.5) is 0 Å². The third kappa shape index (κ3) is 9.72. The molecule has 0 atom stereocenters. The summed E-state index contributed by atoms with van der Waals surface area (Å²) in [5.74, 6) is -0.196. The summed E-state index contributed by atoms with van der Waals surface area (Å²) < 4.78 is 4.79. The number of rotatable bonds is 3. The molecule has 0 unspecified atom stereocenters. The van der Waals surface area contributed by atoms with Crippen molar-refractivity contribution < 1.29 is 9.53 Å². The highest BCUT2D eigenvalue weighted by Crippen LogP contribution is 1.97. The molecule has 4 heteroatoms. The van der Waals surface area contributed by atoms with E-state index in [4.69, 9.17) is 10.5 Å². The van der Waals surface area contributed by atoms with Crippen LogP contribution in [-0.4, -0.2) is 18.1 Å². The number of esters is 1. The monoisotopic (exact) mass is 181 g/mol. The van der Waals surface area contributed by atoms with Gasteiger partial charge in [0.05, 0.1) is 0 Å². The van der Waals surface area contributed by atoms with Crippen LogP contribution in [0.15, 0.2) is 0 Å². The third-order valence-corrected chi connectivity index (χ3v) is 0.894.